The third-order valence-corrected chi connectivity index (χ3v) is 7.42. The second-order valence-corrected chi connectivity index (χ2v) is 9.91. The molecule has 0 bridgehead atoms. The normalized spacial score (nSPS) is 16.7. The molecule has 2 aliphatic rings. The summed E-state index contributed by atoms with van der Waals surface area (Å²) in [6.45, 7) is 2.83. The Morgan fingerprint density at radius 3 is 2.20 bits per heavy atom. The molecule has 1 fully saturated rings. The number of carboxylic acid groups (broad SMARTS) is 1. The maximum atomic E-state index is 13.0. The number of fused-ring (bicyclic) bond motifs is 3. The number of nitrogens with one attached hydrogen (secondary N) is 2. The Kier molecular flexibility index (Phi) is 7.73. The van der Waals surface area contributed by atoms with Crippen LogP contribution in [0, 0.1) is 11.3 Å². The van der Waals surface area contributed by atoms with Crippen LogP contribution in [0.3, 0.4) is 0 Å². The van der Waals surface area contributed by atoms with Gasteiger partial charge in [0.2, 0.25) is 5.91 Å². The van der Waals surface area contributed by atoms with Gasteiger partial charge in [-0.3, -0.25) is 9.59 Å². The zero-order chi connectivity index (χ0) is 24.8. The molecule has 1 saturated carbocycles. The summed E-state index contributed by atoms with van der Waals surface area (Å²) in [6.07, 6.45) is 3.40. The van der Waals surface area contributed by atoms with E-state index in [4.69, 9.17) is 9.84 Å². The average Bonchev–Trinajstić information content (AvgIpc) is 3.47. The number of rotatable bonds is 10. The number of ether oxygens (including phenoxy) is 1. The molecule has 0 spiro atoms. The lowest BCUT2D eigenvalue weighted by atomic mass is 9.84. The Balaban J connectivity index is 1.31. The maximum Gasteiger partial charge on any atom is 0.407 e. The first-order chi connectivity index (χ1) is 16.9. The molecule has 7 heteroatoms. The highest BCUT2D eigenvalue weighted by Gasteiger charge is 2.41. The van der Waals surface area contributed by atoms with Crippen molar-refractivity contribution in [2.45, 2.75) is 51.4 Å². The molecule has 0 aliphatic heterocycles. The van der Waals surface area contributed by atoms with Crippen molar-refractivity contribution in [3.63, 3.8) is 0 Å². The number of alkyl carbamates (subject to hydrolysis) is 1. The van der Waals surface area contributed by atoms with Crippen molar-refractivity contribution in [1.29, 1.82) is 0 Å². The van der Waals surface area contributed by atoms with Crippen LogP contribution in [0.1, 0.15) is 62.5 Å². The van der Waals surface area contributed by atoms with Crippen molar-refractivity contribution in [3.8, 4) is 11.1 Å². The van der Waals surface area contributed by atoms with Crippen molar-refractivity contribution < 1.29 is 24.2 Å². The smallest absolute Gasteiger partial charge is 0.407 e. The number of amides is 2. The van der Waals surface area contributed by atoms with E-state index in [1.807, 2.05) is 31.2 Å². The molecule has 2 aromatic carbocycles. The molecule has 2 amide bonds. The minimum absolute atomic E-state index is 0.0100. The van der Waals surface area contributed by atoms with Crippen LogP contribution < -0.4 is 10.6 Å². The van der Waals surface area contributed by atoms with Crippen LogP contribution in [0.2, 0.25) is 0 Å². The molecule has 2 aromatic rings. The highest BCUT2D eigenvalue weighted by atomic mass is 16.5. The molecule has 2 aliphatic carbocycles. The molecule has 0 radical (unpaired) electrons. The van der Waals surface area contributed by atoms with Crippen LogP contribution in [-0.4, -0.2) is 42.8 Å². The number of aliphatic carboxylic acids is 1. The van der Waals surface area contributed by atoms with Gasteiger partial charge in [-0.1, -0.05) is 68.3 Å². The average molecular weight is 479 g/mol. The predicted molar refractivity (Wildman–Crippen MR) is 133 cm³/mol. The van der Waals surface area contributed by atoms with Gasteiger partial charge in [-0.05, 0) is 47.4 Å². The van der Waals surface area contributed by atoms with Crippen LogP contribution in [-0.2, 0) is 14.3 Å². The van der Waals surface area contributed by atoms with Crippen LogP contribution >= 0.6 is 0 Å². The minimum Gasteiger partial charge on any atom is -0.481 e. The van der Waals surface area contributed by atoms with Gasteiger partial charge in [-0.25, -0.2) is 4.79 Å². The van der Waals surface area contributed by atoms with E-state index < -0.39 is 17.5 Å². The highest BCUT2D eigenvalue weighted by molar-refractivity contribution is 5.84. The number of carbonyl (C=O) groups is 3. The van der Waals surface area contributed by atoms with Gasteiger partial charge >= 0.3 is 12.1 Å². The Bertz CT molecular complexity index is 1030. The number of hydrogen-bond acceptors (Lipinski definition) is 4. The summed E-state index contributed by atoms with van der Waals surface area (Å²) in [5.41, 5.74) is 4.03. The van der Waals surface area contributed by atoms with Gasteiger partial charge in [-0.2, -0.15) is 0 Å². The number of carboxylic acids is 1. The summed E-state index contributed by atoms with van der Waals surface area (Å²) < 4.78 is 5.64. The van der Waals surface area contributed by atoms with Crippen LogP contribution in [0.4, 0.5) is 4.79 Å². The fourth-order valence-electron chi connectivity index (χ4n) is 5.35. The van der Waals surface area contributed by atoms with Crippen LogP contribution in [0.25, 0.3) is 11.1 Å². The van der Waals surface area contributed by atoms with Crippen molar-refractivity contribution in [1.82, 2.24) is 10.6 Å². The van der Waals surface area contributed by atoms with E-state index in [9.17, 15) is 14.4 Å². The van der Waals surface area contributed by atoms with E-state index in [0.717, 1.165) is 24.0 Å². The monoisotopic (exact) mass is 478 g/mol. The summed E-state index contributed by atoms with van der Waals surface area (Å²) in [4.78, 5) is 36.5. The topological polar surface area (TPSA) is 105 Å². The molecule has 0 saturated heterocycles. The summed E-state index contributed by atoms with van der Waals surface area (Å²) in [6, 6.07) is 16.4. The van der Waals surface area contributed by atoms with Crippen LogP contribution in [0.15, 0.2) is 48.5 Å². The van der Waals surface area contributed by atoms with Crippen molar-refractivity contribution in [3.05, 3.63) is 59.7 Å². The number of hydrogen-bond donors (Lipinski definition) is 3. The molecule has 186 valence electrons. The molecule has 0 heterocycles. The van der Waals surface area contributed by atoms with Crippen molar-refractivity contribution in [2.24, 2.45) is 11.3 Å². The molecule has 0 aromatic heterocycles. The second kappa shape index (κ2) is 10.9. The summed E-state index contributed by atoms with van der Waals surface area (Å²) >= 11 is 0. The van der Waals surface area contributed by atoms with Gasteiger partial charge in [0.25, 0.3) is 0 Å². The zero-order valence-electron chi connectivity index (χ0n) is 20.2. The SMILES string of the molecule is CC(CCC(=O)O)CNC(=O)C1(CNC(=O)OCC2c3ccccc3-c3ccccc32)CCCC1. The molecule has 4 rings (SSSR count). The maximum absolute atomic E-state index is 13.0. The largest absolute Gasteiger partial charge is 0.481 e. The van der Waals surface area contributed by atoms with E-state index in [2.05, 4.69) is 34.9 Å². The number of carbonyl (C=O) groups excluding carboxylic acids is 2. The van der Waals surface area contributed by atoms with E-state index in [1.165, 1.54) is 11.1 Å². The molecule has 1 atom stereocenters. The molecular formula is C28H34N2O5. The van der Waals surface area contributed by atoms with E-state index in [-0.39, 0.29) is 37.3 Å². The summed E-state index contributed by atoms with van der Waals surface area (Å²) in [5.74, 6) is -0.841. The lowest BCUT2D eigenvalue weighted by Gasteiger charge is -2.28. The molecule has 35 heavy (non-hydrogen) atoms. The molecule has 3 N–H and O–H groups in total. The molecule has 1 unspecified atom stereocenters. The second-order valence-electron chi connectivity index (χ2n) is 9.91. The third kappa shape index (κ3) is 5.66. The number of benzene rings is 2. The minimum atomic E-state index is -0.831. The van der Waals surface area contributed by atoms with Gasteiger partial charge < -0.3 is 20.5 Å². The Labute approximate surface area is 206 Å². The van der Waals surface area contributed by atoms with Gasteiger partial charge in [0, 0.05) is 25.4 Å². The standard InChI is InChI=1S/C28H34N2O5/c1-19(12-13-25(31)32)16-29-26(33)28(14-6-7-15-28)18-30-27(34)35-17-24-22-10-4-2-8-20(22)21-9-3-5-11-23(21)24/h2-5,8-11,19,24H,6-7,12-18H2,1H3,(H,29,33)(H,30,34)(H,31,32). The summed E-state index contributed by atoms with van der Waals surface area (Å²) in [5, 5.41) is 14.7. The third-order valence-electron chi connectivity index (χ3n) is 7.42. The quantitative estimate of drug-likeness (QED) is 0.459. The van der Waals surface area contributed by atoms with Crippen molar-refractivity contribution >= 4 is 18.0 Å². The Hall–Kier alpha value is -3.35. The summed E-state index contributed by atoms with van der Waals surface area (Å²) in [7, 11) is 0. The first-order valence-electron chi connectivity index (χ1n) is 12.5. The van der Waals surface area contributed by atoms with Gasteiger partial charge in [-0.15, -0.1) is 0 Å². The van der Waals surface area contributed by atoms with Crippen LogP contribution in [0.5, 0.6) is 0 Å². The van der Waals surface area contributed by atoms with E-state index in [1.54, 1.807) is 0 Å². The Morgan fingerprint density at radius 1 is 1.00 bits per heavy atom. The van der Waals surface area contributed by atoms with E-state index >= 15 is 0 Å². The fraction of sp³-hybridized carbons (Fsp3) is 0.464. The molecular weight excluding hydrogens is 444 g/mol. The van der Waals surface area contributed by atoms with Crippen molar-refractivity contribution in [2.75, 3.05) is 19.7 Å². The lowest BCUT2D eigenvalue weighted by Crippen LogP contribution is -2.48. The Morgan fingerprint density at radius 2 is 1.60 bits per heavy atom. The zero-order valence-corrected chi connectivity index (χ0v) is 20.2. The van der Waals surface area contributed by atoms with Gasteiger partial charge in [0.15, 0.2) is 0 Å². The van der Waals surface area contributed by atoms with Gasteiger partial charge in [0.05, 0.1) is 5.41 Å². The van der Waals surface area contributed by atoms with Gasteiger partial charge in [0.1, 0.15) is 6.61 Å². The molecule has 7 nitrogen and oxygen atoms in total. The fourth-order valence-corrected chi connectivity index (χ4v) is 5.35. The van der Waals surface area contributed by atoms with E-state index in [0.29, 0.717) is 25.8 Å². The highest BCUT2D eigenvalue weighted by Crippen LogP contribution is 2.44. The predicted octanol–water partition coefficient (Wildman–Crippen LogP) is 4.70. The lowest BCUT2D eigenvalue weighted by molar-refractivity contribution is -0.137. The first kappa shape index (κ1) is 24.8. The first-order valence-corrected chi connectivity index (χ1v) is 12.5.